The number of allylic oxidation sites excluding steroid dienone is 1. The van der Waals surface area contributed by atoms with E-state index in [0.717, 1.165) is 51.4 Å². The number of urea groups is 1. The Morgan fingerprint density at radius 1 is 1.15 bits per heavy atom. The van der Waals surface area contributed by atoms with Gasteiger partial charge in [0, 0.05) is 44.8 Å². The molecule has 0 spiro atoms. The molecule has 1 fully saturated rings. The van der Waals surface area contributed by atoms with Crippen molar-refractivity contribution in [2.75, 3.05) is 39.8 Å². The third-order valence-electron chi connectivity index (χ3n) is 5.35. The number of nitrogens with one attached hydrogen (secondary N) is 1. The van der Waals surface area contributed by atoms with Crippen LogP contribution in [0.3, 0.4) is 0 Å². The van der Waals surface area contributed by atoms with Gasteiger partial charge in [-0.05, 0) is 38.2 Å². The fraction of sp³-hybridized carbons (Fsp3) is 0.571. The Morgan fingerprint density at radius 2 is 1.96 bits per heavy atom. The third kappa shape index (κ3) is 5.24. The van der Waals surface area contributed by atoms with Crippen LogP contribution in [0, 0.1) is 0 Å². The van der Waals surface area contributed by atoms with Gasteiger partial charge in [0.2, 0.25) is 0 Å². The van der Waals surface area contributed by atoms with Crippen molar-refractivity contribution in [3.05, 3.63) is 41.5 Å². The Hall–Kier alpha value is -2.01. The Labute approximate surface area is 157 Å². The molecule has 0 bridgehead atoms. The van der Waals surface area contributed by atoms with Gasteiger partial charge < -0.3 is 15.0 Å². The summed E-state index contributed by atoms with van der Waals surface area (Å²) in [6, 6.07) is 8.23. The van der Waals surface area contributed by atoms with Gasteiger partial charge in [-0.3, -0.25) is 4.90 Å². The lowest BCUT2D eigenvalue weighted by molar-refractivity contribution is 0.134. The number of carbonyl (C=O) groups excluding carboxylic acids is 1. The largest absolute Gasteiger partial charge is 0.496 e. The minimum absolute atomic E-state index is 0.0818. The van der Waals surface area contributed by atoms with Crippen LogP contribution >= 0.6 is 0 Å². The maximum Gasteiger partial charge on any atom is 0.317 e. The molecular weight excluding hydrogens is 326 g/mol. The predicted molar refractivity (Wildman–Crippen MR) is 104 cm³/mol. The van der Waals surface area contributed by atoms with Crippen LogP contribution in [0.25, 0.3) is 0 Å². The second-order valence-corrected chi connectivity index (χ2v) is 7.17. The Morgan fingerprint density at radius 3 is 2.69 bits per heavy atom. The number of benzene rings is 1. The number of piperazine rings is 1. The maximum atomic E-state index is 12.4. The number of carbonyl (C=O) groups is 1. The number of ether oxygens (including phenoxy) is 1. The lowest BCUT2D eigenvalue weighted by Crippen LogP contribution is -2.51. The maximum absolute atomic E-state index is 12.4. The second kappa shape index (κ2) is 9.62. The molecule has 0 saturated carbocycles. The summed E-state index contributed by atoms with van der Waals surface area (Å²) in [5.74, 6) is 0.935. The number of nitrogens with zero attached hydrogens (tertiary/aromatic N) is 2. The number of hydrogen-bond acceptors (Lipinski definition) is 3. The van der Waals surface area contributed by atoms with E-state index in [4.69, 9.17) is 4.74 Å². The van der Waals surface area contributed by atoms with Crippen molar-refractivity contribution in [2.45, 2.75) is 38.6 Å². The van der Waals surface area contributed by atoms with Crippen LogP contribution in [0.4, 0.5) is 4.79 Å². The topological polar surface area (TPSA) is 44.8 Å². The highest BCUT2D eigenvalue weighted by Crippen LogP contribution is 2.20. The molecule has 2 aliphatic rings. The Bertz CT molecular complexity index is 621. The van der Waals surface area contributed by atoms with Crippen LogP contribution in [-0.2, 0) is 6.54 Å². The van der Waals surface area contributed by atoms with E-state index in [-0.39, 0.29) is 6.03 Å². The molecule has 142 valence electrons. The van der Waals surface area contributed by atoms with Crippen LogP contribution < -0.4 is 10.1 Å². The summed E-state index contributed by atoms with van der Waals surface area (Å²) >= 11 is 0. The number of hydrogen-bond donors (Lipinski definition) is 1. The molecule has 2 amide bonds. The van der Waals surface area contributed by atoms with Crippen molar-refractivity contribution in [2.24, 2.45) is 0 Å². The molecule has 0 radical (unpaired) electrons. The first-order valence-corrected chi connectivity index (χ1v) is 9.81. The summed E-state index contributed by atoms with van der Waals surface area (Å²) in [5, 5.41) is 3.09. The molecule has 1 aromatic carbocycles. The molecule has 26 heavy (non-hydrogen) atoms. The smallest absolute Gasteiger partial charge is 0.317 e. The molecule has 1 aliphatic heterocycles. The zero-order chi connectivity index (χ0) is 18.2. The molecule has 1 N–H and O–H groups in total. The van der Waals surface area contributed by atoms with Gasteiger partial charge in [0.05, 0.1) is 7.11 Å². The molecule has 1 aliphatic carbocycles. The van der Waals surface area contributed by atoms with Gasteiger partial charge in [0.15, 0.2) is 0 Å². The molecule has 3 rings (SSSR count). The molecule has 5 heteroatoms. The van der Waals surface area contributed by atoms with Gasteiger partial charge in [0.1, 0.15) is 5.75 Å². The number of rotatable bonds is 6. The quantitative estimate of drug-likeness (QED) is 0.794. The van der Waals surface area contributed by atoms with Gasteiger partial charge in [-0.1, -0.05) is 29.8 Å². The summed E-state index contributed by atoms with van der Waals surface area (Å²) in [7, 11) is 1.71. The molecule has 0 unspecified atom stereocenters. The van der Waals surface area contributed by atoms with Crippen LogP contribution in [0.2, 0.25) is 0 Å². The molecule has 1 saturated heterocycles. The normalized spacial score (nSPS) is 18.3. The summed E-state index contributed by atoms with van der Waals surface area (Å²) in [5.41, 5.74) is 2.71. The summed E-state index contributed by atoms with van der Waals surface area (Å²) in [6.45, 7) is 4.99. The second-order valence-electron chi connectivity index (χ2n) is 7.17. The zero-order valence-corrected chi connectivity index (χ0v) is 15.9. The summed E-state index contributed by atoms with van der Waals surface area (Å²) < 4.78 is 5.43. The molecule has 5 nitrogen and oxygen atoms in total. The zero-order valence-electron chi connectivity index (χ0n) is 15.9. The van der Waals surface area contributed by atoms with Crippen molar-refractivity contribution in [3.63, 3.8) is 0 Å². The monoisotopic (exact) mass is 357 g/mol. The summed E-state index contributed by atoms with van der Waals surface area (Å²) in [6.07, 6.45) is 8.38. The Balaban J connectivity index is 1.38. The third-order valence-corrected chi connectivity index (χ3v) is 5.35. The lowest BCUT2D eigenvalue weighted by Gasteiger charge is -2.35. The Kier molecular flexibility index (Phi) is 6.95. The van der Waals surface area contributed by atoms with Crippen LogP contribution in [-0.4, -0.2) is 55.7 Å². The van der Waals surface area contributed by atoms with E-state index in [2.05, 4.69) is 22.4 Å². The van der Waals surface area contributed by atoms with E-state index in [1.165, 1.54) is 36.8 Å². The fourth-order valence-corrected chi connectivity index (χ4v) is 3.76. The standard InChI is InChI=1S/C21H31N3O2/c1-26-20-10-6-5-9-19(20)17-23-13-15-24(16-14-23)21(25)22-12-11-18-7-3-2-4-8-18/h5-7,9-10H,2-4,8,11-17H2,1H3,(H,22,25). The van der Waals surface area contributed by atoms with Crippen molar-refractivity contribution >= 4 is 6.03 Å². The molecular formula is C21H31N3O2. The van der Waals surface area contributed by atoms with E-state index in [9.17, 15) is 4.79 Å². The number of para-hydroxylation sites is 1. The fourth-order valence-electron chi connectivity index (χ4n) is 3.76. The van der Waals surface area contributed by atoms with E-state index in [1.54, 1.807) is 7.11 Å². The predicted octanol–water partition coefficient (Wildman–Crippen LogP) is 3.41. The summed E-state index contributed by atoms with van der Waals surface area (Å²) in [4.78, 5) is 16.7. The van der Waals surface area contributed by atoms with Crippen LogP contribution in [0.15, 0.2) is 35.9 Å². The highest BCUT2D eigenvalue weighted by atomic mass is 16.5. The average molecular weight is 357 g/mol. The van der Waals surface area contributed by atoms with Gasteiger partial charge in [0.25, 0.3) is 0 Å². The molecule has 1 heterocycles. The van der Waals surface area contributed by atoms with E-state index < -0.39 is 0 Å². The van der Waals surface area contributed by atoms with Crippen molar-refractivity contribution < 1.29 is 9.53 Å². The van der Waals surface area contributed by atoms with Gasteiger partial charge >= 0.3 is 6.03 Å². The van der Waals surface area contributed by atoms with E-state index >= 15 is 0 Å². The number of methoxy groups -OCH3 is 1. The first-order valence-electron chi connectivity index (χ1n) is 9.81. The minimum Gasteiger partial charge on any atom is -0.496 e. The molecule has 0 aromatic heterocycles. The van der Waals surface area contributed by atoms with Gasteiger partial charge in [-0.25, -0.2) is 4.79 Å². The van der Waals surface area contributed by atoms with Gasteiger partial charge in [-0.2, -0.15) is 0 Å². The lowest BCUT2D eigenvalue weighted by atomic mass is 9.97. The average Bonchev–Trinajstić information content (AvgIpc) is 2.70. The minimum atomic E-state index is 0.0818. The van der Waals surface area contributed by atoms with E-state index in [1.807, 2.05) is 23.1 Å². The van der Waals surface area contributed by atoms with Crippen molar-refractivity contribution in [1.82, 2.24) is 15.1 Å². The highest BCUT2D eigenvalue weighted by molar-refractivity contribution is 5.74. The SMILES string of the molecule is COc1ccccc1CN1CCN(C(=O)NCCC2=CCCCC2)CC1. The molecule has 0 atom stereocenters. The van der Waals surface area contributed by atoms with Crippen LogP contribution in [0.5, 0.6) is 5.75 Å². The van der Waals surface area contributed by atoms with Crippen molar-refractivity contribution in [3.8, 4) is 5.75 Å². The molecule has 1 aromatic rings. The van der Waals surface area contributed by atoms with Crippen LogP contribution in [0.1, 0.15) is 37.7 Å². The van der Waals surface area contributed by atoms with Gasteiger partial charge in [-0.15, -0.1) is 0 Å². The first-order chi connectivity index (χ1) is 12.8. The highest BCUT2D eigenvalue weighted by Gasteiger charge is 2.21. The number of amides is 2. The van der Waals surface area contributed by atoms with Crippen molar-refractivity contribution in [1.29, 1.82) is 0 Å². The first kappa shape index (κ1) is 18.8. The van der Waals surface area contributed by atoms with E-state index in [0.29, 0.717) is 0 Å².